The Hall–Kier alpha value is -1.59. The lowest BCUT2D eigenvalue weighted by atomic mass is 10.3. The molecule has 0 saturated heterocycles. The Balaban J connectivity index is 1.90. The van der Waals surface area contributed by atoms with Crippen LogP contribution in [0.2, 0.25) is 5.02 Å². The molecule has 20 heavy (non-hydrogen) atoms. The minimum absolute atomic E-state index is 0.345. The lowest BCUT2D eigenvalue weighted by Crippen LogP contribution is -2.05. The molecule has 0 atom stereocenters. The fourth-order valence-electron chi connectivity index (χ4n) is 2.22. The third kappa shape index (κ3) is 2.39. The highest BCUT2D eigenvalue weighted by Gasteiger charge is 2.12. The SMILES string of the molecule is Cc1nc2scc(C)n2c1CNc1cc(F)cc(Cl)c1. The van der Waals surface area contributed by atoms with E-state index in [4.69, 9.17) is 11.6 Å². The number of benzene rings is 1. The van der Waals surface area contributed by atoms with Crippen molar-refractivity contribution in [2.45, 2.75) is 20.4 Å². The van der Waals surface area contributed by atoms with Crippen molar-refractivity contribution in [2.75, 3.05) is 5.32 Å². The molecule has 0 aliphatic carbocycles. The van der Waals surface area contributed by atoms with E-state index in [1.54, 1.807) is 17.4 Å². The number of nitrogens with one attached hydrogen (secondary N) is 1. The minimum atomic E-state index is -0.345. The molecular formula is C14H13ClFN3S. The highest BCUT2D eigenvalue weighted by atomic mass is 35.5. The summed E-state index contributed by atoms with van der Waals surface area (Å²) in [5.41, 5.74) is 3.88. The number of imidazole rings is 1. The second-order valence-electron chi connectivity index (χ2n) is 4.65. The summed E-state index contributed by atoms with van der Waals surface area (Å²) in [7, 11) is 0. The summed E-state index contributed by atoms with van der Waals surface area (Å²) in [6.45, 7) is 4.60. The molecule has 0 unspecified atom stereocenters. The summed E-state index contributed by atoms with van der Waals surface area (Å²) in [4.78, 5) is 5.50. The molecule has 0 fully saturated rings. The Morgan fingerprint density at radius 1 is 1.35 bits per heavy atom. The zero-order valence-electron chi connectivity index (χ0n) is 11.1. The van der Waals surface area contributed by atoms with Gasteiger partial charge in [0, 0.05) is 21.8 Å². The zero-order valence-corrected chi connectivity index (χ0v) is 12.6. The van der Waals surface area contributed by atoms with Gasteiger partial charge >= 0.3 is 0 Å². The van der Waals surface area contributed by atoms with Gasteiger partial charge in [-0.05, 0) is 32.0 Å². The summed E-state index contributed by atoms with van der Waals surface area (Å²) in [6, 6.07) is 4.43. The van der Waals surface area contributed by atoms with Crippen LogP contribution in [0.15, 0.2) is 23.6 Å². The quantitative estimate of drug-likeness (QED) is 0.776. The summed E-state index contributed by atoms with van der Waals surface area (Å²) in [5, 5.41) is 5.66. The van der Waals surface area contributed by atoms with Gasteiger partial charge in [-0.25, -0.2) is 9.37 Å². The molecule has 3 aromatic rings. The molecule has 104 valence electrons. The molecule has 0 aliphatic rings. The first-order valence-corrected chi connectivity index (χ1v) is 7.42. The van der Waals surface area contributed by atoms with E-state index >= 15 is 0 Å². The lowest BCUT2D eigenvalue weighted by Gasteiger charge is -2.08. The van der Waals surface area contributed by atoms with Crippen LogP contribution in [-0.4, -0.2) is 9.38 Å². The lowest BCUT2D eigenvalue weighted by molar-refractivity contribution is 0.628. The smallest absolute Gasteiger partial charge is 0.194 e. The summed E-state index contributed by atoms with van der Waals surface area (Å²) >= 11 is 7.47. The largest absolute Gasteiger partial charge is 0.379 e. The molecule has 0 radical (unpaired) electrons. The Morgan fingerprint density at radius 2 is 2.15 bits per heavy atom. The van der Waals surface area contributed by atoms with Crippen LogP contribution >= 0.6 is 22.9 Å². The van der Waals surface area contributed by atoms with Crippen molar-refractivity contribution in [2.24, 2.45) is 0 Å². The Morgan fingerprint density at radius 3 is 2.90 bits per heavy atom. The highest BCUT2D eigenvalue weighted by Crippen LogP contribution is 2.23. The topological polar surface area (TPSA) is 29.3 Å². The van der Waals surface area contributed by atoms with E-state index in [0.29, 0.717) is 17.3 Å². The molecular weight excluding hydrogens is 297 g/mol. The molecule has 1 aromatic carbocycles. The molecule has 2 heterocycles. The van der Waals surface area contributed by atoms with Crippen molar-refractivity contribution in [1.29, 1.82) is 0 Å². The molecule has 0 bridgehead atoms. The number of nitrogens with zero attached hydrogens (tertiary/aromatic N) is 2. The first kappa shape index (κ1) is 13.4. The highest BCUT2D eigenvalue weighted by molar-refractivity contribution is 7.15. The third-order valence-electron chi connectivity index (χ3n) is 3.15. The second kappa shape index (κ2) is 5.07. The van der Waals surface area contributed by atoms with E-state index in [0.717, 1.165) is 22.0 Å². The fourth-order valence-corrected chi connectivity index (χ4v) is 3.37. The van der Waals surface area contributed by atoms with Gasteiger partial charge in [0.25, 0.3) is 0 Å². The number of hydrogen-bond acceptors (Lipinski definition) is 3. The van der Waals surface area contributed by atoms with Crippen molar-refractivity contribution in [1.82, 2.24) is 9.38 Å². The first-order valence-electron chi connectivity index (χ1n) is 6.16. The van der Waals surface area contributed by atoms with Gasteiger partial charge in [-0.2, -0.15) is 0 Å². The molecule has 0 spiro atoms. The predicted molar refractivity (Wildman–Crippen MR) is 81.3 cm³/mol. The second-order valence-corrected chi connectivity index (χ2v) is 5.92. The van der Waals surface area contributed by atoms with Gasteiger partial charge in [0.05, 0.1) is 17.9 Å². The number of anilines is 1. The molecule has 0 amide bonds. The van der Waals surface area contributed by atoms with Crippen LogP contribution in [0.4, 0.5) is 10.1 Å². The average molecular weight is 310 g/mol. The Kier molecular flexibility index (Phi) is 3.40. The van der Waals surface area contributed by atoms with Crippen LogP contribution in [0, 0.1) is 19.7 Å². The van der Waals surface area contributed by atoms with Crippen LogP contribution < -0.4 is 5.32 Å². The van der Waals surface area contributed by atoms with E-state index in [2.05, 4.69) is 20.1 Å². The third-order valence-corrected chi connectivity index (χ3v) is 4.31. The molecule has 2 aromatic heterocycles. The van der Waals surface area contributed by atoms with Gasteiger partial charge in [0.15, 0.2) is 4.96 Å². The standard InChI is InChI=1S/C14H13ClFN3S/c1-8-7-20-14-18-9(2)13(19(8)14)6-17-12-4-10(15)3-11(16)5-12/h3-5,7,17H,6H2,1-2H3. The van der Waals surface area contributed by atoms with E-state index in [9.17, 15) is 4.39 Å². The number of fused-ring (bicyclic) bond motifs is 1. The van der Waals surface area contributed by atoms with Crippen molar-refractivity contribution in [3.8, 4) is 0 Å². The number of aromatic nitrogens is 2. The fraction of sp³-hybridized carbons (Fsp3) is 0.214. The number of thiazole rings is 1. The van der Waals surface area contributed by atoms with Crippen molar-refractivity contribution in [3.05, 3.63) is 51.5 Å². The van der Waals surface area contributed by atoms with E-state index < -0.39 is 0 Å². The summed E-state index contributed by atoms with van der Waals surface area (Å²) in [5.74, 6) is -0.345. The summed E-state index contributed by atoms with van der Waals surface area (Å²) < 4.78 is 15.4. The zero-order chi connectivity index (χ0) is 14.3. The van der Waals surface area contributed by atoms with Gasteiger partial charge in [-0.3, -0.25) is 4.40 Å². The molecule has 3 nitrogen and oxygen atoms in total. The molecule has 6 heteroatoms. The maximum atomic E-state index is 13.3. The summed E-state index contributed by atoms with van der Waals surface area (Å²) in [6.07, 6.45) is 0. The molecule has 0 saturated carbocycles. The minimum Gasteiger partial charge on any atom is -0.379 e. The van der Waals surface area contributed by atoms with Crippen LogP contribution in [0.1, 0.15) is 17.1 Å². The number of aryl methyl sites for hydroxylation is 2. The first-order chi connectivity index (χ1) is 9.54. The van der Waals surface area contributed by atoms with Crippen molar-refractivity contribution in [3.63, 3.8) is 0 Å². The maximum Gasteiger partial charge on any atom is 0.194 e. The van der Waals surface area contributed by atoms with Crippen LogP contribution in [0.25, 0.3) is 4.96 Å². The molecule has 0 aliphatic heterocycles. The van der Waals surface area contributed by atoms with E-state index in [-0.39, 0.29) is 5.82 Å². The van der Waals surface area contributed by atoms with Gasteiger partial charge in [0.1, 0.15) is 5.82 Å². The van der Waals surface area contributed by atoms with E-state index in [1.807, 2.05) is 13.8 Å². The predicted octanol–water partition coefficient (Wildman–Crippen LogP) is 4.42. The monoisotopic (exact) mass is 309 g/mol. The van der Waals surface area contributed by atoms with Crippen LogP contribution in [0.5, 0.6) is 0 Å². The van der Waals surface area contributed by atoms with Crippen LogP contribution in [-0.2, 0) is 6.54 Å². The number of halogens is 2. The van der Waals surface area contributed by atoms with Gasteiger partial charge in [-0.1, -0.05) is 11.6 Å². The van der Waals surface area contributed by atoms with Crippen LogP contribution in [0.3, 0.4) is 0 Å². The number of hydrogen-bond donors (Lipinski definition) is 1. The van der Waals surface area contributed by atoms with Gasteiger partial charge in [0.2, 0.25) is 0 Å². The molecule has 1 N–H and O–H groups in total. The number of rotatable bonds is 3. The van der Waals surface area contributed by atoms with Gasteiger partial charge < -0.3 is 5.32 Å². The Bertz CT molecular complexity index is 758. The van der Waals surface area contributed by atoms with Crippen molar-refractivity contribution < 1.29 is 4.39 Å². The van der Waals surface area contributed by atoms with Crippen molar-refractivity contribution >= 4 is 33.6 Å². The molecule has 3 rings (SSSR count). The normalized spacial score (nSPS) is 11.2. The maximum absolute atomic E-state index is 13.3. The van der Waals surface area contributed by atoms with Gasteiger partial charge in [-0.15, -0.1) is 11.3 Å². The van der Waals surface area contributed by atoms with E-state index in [1.165, 1.54) is 12.1 Å². The Labute approximate surface area is 125 Å². The average Bonchev–Trinajstić information content (AvgIpc) is 2.86.